The van der Waals surface area contributed by atoms with Gasteiger partial charge in [0.1, 0.15) is 36.0 Å². The Balaban J connectivity index is 1.74. The summed E-state index contributed by atoms with van der Waals surface area (Å²) in [6, 6.07) is 15.1. The fourth-order valence-corrected chi connectivity index (χ4v) is 2.95. The van der Waals surface area contributed by atoms with Crippen molar-refractivity contribution in [2.75, 3.05) is 12.3 Å². The number of aryl methyl sites for hydroxylation is 1. The van der Waals surface area contributed by atoms with Gasteiger partial charge in [-0.1, -0.05) is 23.7 Å². The number of anilines is 1. The van der Waals surface area contributed by atoms with Crippen LogP contribution in [0.3, 0.4) is 0 Å². The van der Waals surface area contributed by atoms with Crippen LogP contribution >= 0.6 is 11.6 Å². The SMILES string of the molecule is CCn1c(N)[n+](C[C@@H](O)COc2ccc(Cl)cc2)c2ccccc21. The zero-order valence-corrected chi connectivity index (χ0v) is 14.3. The number of nitrogen functional groups attached to an aromatic ring is 1. The predicted molar refractivity (Wildman–Crippen MR) is 95.2 cm³/mol. The monoisotopic (exact) mass is 346 g/mol. The molecule has 0 aliphatic heterocycles. The van der Waals surface area contributed by atoms with Crippen LogP contribution in [0.2, 0.25) is 5.02 Å². The maximum atomic E-state index is 10.3. The second-order valence-corrected chi connectivity index (χ2v) is 6.06. The number of aliphatic hydroxyl groups is 1. The molecule has 0 saturated heterocycles. The molecular weight excluding hydrogens is 326 g/mol. The quantitative estimate of drug-likeness (QED) is 0.674. The van der Waals surface area contributed by atoms with Gasteiger partial charge in [-0.05, 0) is 43.3 Å². The van der Waals surface area contributed by atoms with Crippen LogP contribution < -0.4 is 15.0 Å². The minimum Gasteiger partial charge on any atom is -0.491 e. The van der Waals surface area contributed by atoms with Crippen molar-refractivity contribution < 1.29 is 14.4 Å². The summed E-state index contributed by atoms with van der Waals surface area (Å²) in [5, 5.41) is 11.0. The summed E-state index contributed by atoms with van der Waals surface area (Å²) in [5.41, 5.74) is 8.32. The van der Waals surface area contributed by atoms with Crippen molar-refractivity contribution >= 4 is 28.6 Å². The number of benzene rings is 2. The lowest BCUT2D eigenvalue weighted by molar-refractivity contribution is -0.665. The first-order valence-electron chi connectivity index (χ1n) is 7.93. The molecule has 24 heavy (non-hydrogen) atoms. The third-order valence-electron chi connectivity index (χ3n) is 3.98. The van der Waals surface area contributed by atoms with Gasteiger partial charge in [0.05, 0.1) is 6.54 Å². The number of nitrogens with zero attached hydrogens (tertiary/aromatic N) is 2. The number of para-hydroxylation sites is 2. The summed E-state index contributed by atoms with van der Waals surface area (Å²) >= 11 is 5.85. The molecule has 3 aromatic rings. The number of halogens is 1. The number of imidazole rings is 1. The lowest BCUT2D eigenvalue weighted by Gasteiger charge is -2.12. The van der Waals surface area contributed by atoms with Gasteiger partial charge in [0.2, 0.25) is 0 Å². The Morgan fingerprint density at radius 2 is 1.92 bits per heavy atom. The van der Waals surface area contributed by atoms with E-state index >= 15 is 0 Å². The van der Waals surface area contributed by atoms with Crippen LogP contribution in [0.5, 0.6) is 5.75 Å². The van der Waals surface area contributed by atoms with Crippen molar-refractivity contribution in [2.45, 2.75) is 26.1 Å². The molecule has 0 bridgehead atoms. The number of aromatic nitrogens is 2. The molecule has 0 aliphatic carbocycles. The van der Waals surface area contributed by atoms with E-state index in [-0.39, 0.29) is 6.61 Å². The fourth-order valence-electron chi connectivity index (χ4n) is 2.82. The molecule has 0 amide bonds. The van der Waals surface area contributed by atoms with Gasteiger partial charge in [0.25, 0.3) is 0 Å². The molecule has 1 heterocycles. The number of aliphatic hydroxyl groups excluding tert-OH is 1. The van der Waals surface area contributed by atoms with E-state index in [0.717, 1.165) is 17.6 Å². The Hall–Kier alpha value is -2.24. The highest BCUT2D eigenvalue weighted by molar-refractivity contribution is 6.30. The highest BCUT2D eigenvalue weighted by Gasteiger charge is 2.22. The first kappa shape index (κ1) is 16.6. The molecule has 6 heteroatoms. The third-order valence-corrected chi connectivity index (χ3v) is 4.23. The Morgan fingerprint density at radius 1 is 1.21 bits per heavy atom. The minimum absolute atomic E-state index is 0.180. The summed E-state index contributed by atoms with van der Waals surface area (Å²) in [7, 11) is 0. The van der Waals surface area contributed by atoms with Gasteiger partial charge < -0.3 is 9.84 Å². The van der Waals surface area contributed by atoms with Crippen LogP contribution in [-0.4, -0.2) is 22.4 Å². The lowest BCUT2D eigenvalue weighted by atomic mass is 10.3. The van der Waals surface area contributed by atoms with E-state index in [4.69, 9.17) is 22.1 Å². The first-order chi connectivity index (χ1) is 11.6. The van der Waals surface area contributed by atoms with Gasteiger partial charge in [-0.3, -0.25) is 5.73 Å². The van der Waals surface area contributed by atoms with E-state index in [1.165, 1.54) is 0 Å². The molecular formula is C18H21ClN3O2+. The van der Waals surface area contributed by atoms with E-state index < -0.39 is 6.10 Å². The van der Waals surface area contributed by atoms with Gasteiger partial charge in [0, 0.05) is 5.02 Å². The molecule has 3 rings (SSSR count). The molecule has 0 unspecified atom stereocenters. The Labute approximate surface area is 145 Å². The Kier molecular flexibility index (Phi) is 4.92. The van der Waals surface area contributed by atoms with Crippen LogP contribution in [0, 0.1) is 0 Å². The Bertz CT molecular complexity index is 830. The van der Waals surface area contributed by atoms with Gasteiger partial charge in [0.15, 0.2) is 0 Å². The minimum atomic E-state index is -0.677. The van der Waals surface area contributed by atoms with E-state index in [0.29, 0.717) is 23.3 Å². The maximum absolute atomic E-state index is 10.3. The third kappa shape index (κ3) is 3.32. The standard InChI is InChI=1S/C18H20ClN3O2/c1-2-21-16-5-3-4-6-17(16)22(18(21)20)11-14(23)12-24-15-9-7-13(19)8-10-15/h3-10,14,20,23H,2,11-12H2,1H3/p+1/t14-/m1/s1. The molecule has 5 nitrogen and oxygen atoms in total. The number of rotatable bonds is 6. The highest BCUT2D eigenvalue weighted by atomic mass is 35.5. The summed E-state index contributed by atoms with van der Waals surface area (Å²) < 4.78 is 9.57. The largest absolute Gasteiger partial charge is 0.491 e. The Morgan fingerprint density at radius 3 is 2.62 bits per heavy atom. The van der Waals surface area contributed by atoms with Crippen molar-refractivity contribution in [2.24, 2.45) is 0 Å². The van der Waals surface area contributed by atoms with Crippen molar-refractivity contribution in [3.05, 3.63) is 53.6 Å². The van der Waals surface area contributed by atoms with Gasteiger partial charge in [-0.15, -0.1) is 0 Å². The normalized spacial score (nSPS) is 12.5. The number of fused-ring (bicyclic) bond motifs is 1. The lowest BCUT2D eigenvalue weighted by Crippen LogP contribution is -2.43. The predicted octanol–water partition coefficient (Wildman–Crippen LogP) is 2.62. The second kappa shape index (κ2) is 7.11. The van der Waals surface area contributed by atoms with Crippen LogP contribution in [0.25, 0.3) is 11.0 Å². The molecule has 2 aromatic carbocycles. The second-order valence-electron chi connectivity index (χ2n) is 5.62. The van der Waals surface area contributed by atoms with E-state index in [9.17, 15) is 5.11 Å². The molecule has 0 saturated carbocycles. The number of hydrogen-bond acceptors (Lipinski definition) is 3. The van der Waals surface area contributed by atoms with Crippen LogP contribution in [0.15, 0.2) is 48.5 Å². The molecule has 1 atom stereocenters. The highest BCUT2D eigenvalue weighted by Crippen LogP contribution is 2.17. The van der Waals surface area contributed by atoms with E-state index in [2.05, 4.69) is 0 Å². The summed E-state index contributed by atoms with van der Waals surface area (Å²) in [6.07, 6.45) is -0.677. The molecule has 0 spiro atoms. The fraction of sp³-hybridized carbons (Fsp3) is 0.278. The molecule has 0 radical (unpaired) electrons. The first-order valence-corrected chi connectivity index (χ1v) is 8.31. The van der Waals surface area contributed by atoms with Crippen LogP contribution in [-0.2, 0) is 13.1 Å². The number of nitrogens with two attached hydrogens (primary N) is 1. The average Bonchev–Trinajstić information content (AvgIpc) is 2.86. The summed E-state index contributed by atoms with van der Waals surface area (Å²) in [5.74, 6) is 1.30. The van der Waals surface area contributed by atoms with Crippen molar-refractivity contribution in [3.63, 3.8) is 0 Å². The molecule has 0 fully saturated rings. The summed E-state index contributed by atoms with van der Waals surface area (Å²) in [6.45, 7) is 3.37. The molecule has 3 N–H and O–H groups in total. The van der Waals surface area contributed by atoms with Crippen molar-refractivity contribution in [1.82, 2.24) is 4.57 Å². The zero-order chi connectivity index (χ0) is 17.1. The van der Waals surface area contributed by atoms with Crippen LogP contribution in [0.1, 0.15) is 6.92 Å². The zero-order valence-electron chi connectivity index (χ0n) is 13.5. The van der Waals surface area contributed by atoms with Crippen molar-refractivity contribution in [3.8, 4) is 5.75 Å². The number of hydrogen-bond donors (Lipinski definition) is 2. The molecule has 1 aromatic heterocycles. The van der Waals surface area contributed by atoms with Gasteiger partial charge in [-0.25, -0.2) is 9.13 Å². The van der Waals surface area contributed by atoms with E-state index in [1.807, 2.05) is 40.3 Å². The van der Waals surface area contributed by atoms with Gasteiger partial charge in [-0.2, -0.15) is 0 Å². The van der Waals surface area contributed by atoms with Crippen molar-refractivity contribution in [1.29, 1.82) is 0 Å². The van der Waals surface area contributed by atoms with E-state index in [1.54, 1.807) is 24.3 Å². The van der Waals surface area contributed by atoms with Crippen LogP contribution in [0.4, 0.5) is 5.95 Å². The molecule has 0 aliphatic rings. The van der Waals surface area contributed by atoms with Gasteiger partial charge >= 0.3 is 5.95 Å². The topological polar surface area (TPSA) is 64.3 Å². The molecule has 126 valence electrons. The smallest absolute Gasteiger partial charge is 0.356 e. The maximum Gasteiger partial charge on any atom is 0.356 e. The summed E-state index contributed by atoms with van der Waals surface area (Å²) in [4.78, 5) is 0. The average molecular weight is 347 g/mol. The number of ether oxygens (including phenoxy) is 1.